The summed E-state index contributed by atoms with van der Waals surface area (Å²) >= 11 is 3.41. The molecule has 0 aliphatic carbocycles. The van der Waals surface area contributed by atoms with Gasteiger partial charge in [0.2, 0.25) is 0 Å². The molecule has 0 aliphatic rings. The van der Waals surface area contributed by atoms with Crippen molar-refractivity contribution in [2.45, 2.75) is 0 Å². The number of carbonyl (C=O) groups is 1. The van der Waals surface area contributed by atoms with Gasteiger partial charge in [0, 0.05) is 22.9 Å². The number of benzene rings is 2. The van der Waals surface area contributed by atoms with Gasteiger partial charge in [-0.1, -0.05) is 34.1 Å². The van der Waals surface area contributed by atoms with Crippen LogP contribution in [0.5, 0.6) is 0 Å². The fourth-order valence-corrected chi connectivity index (χ4v) is 2.50. The summed E-state index contributed by atoms with van der Waals surface area (Å²) in [6.45, 7) is 0. The molecule has 0 bridgehead atoms. The summed E-state index contributed by atoms with van der Waals surface area (Å²) in [4.78, 5) is 18.4. The molecule has 0 aliphatic heterocycles. The van der Waals surface area contributed by atoms with Crippen LogP contribution in [0.1, 0.15) is 10.5 Å². The molecule has 0 saturated heterocycles. The molecule has 1 amide bonds. The van der Waals surface area contributed by atoms with E-state index in [-0.39, 0.29) is 5.91 Å². The molecule has 2 aromatic carbocycles. The minimum Gasteiger partial charge on any atom is -0.354 e. The van der Waals surface area contributed by atoms with Crippen molar-refractivity contribution in [3.05, 3.63) is 83.1 Å². The summed E-state index contributed by atoms with van der Waals surface area (Å²) in [6, 6.07) is 20.9. The van der Waals surface area contributed by atoms with Gasteiger partial charge >= 0.3 is 0 Å². The molecule has 3 aromatic rings. The van der Waals surface area contributed by atoms with Crippen molar-refractivity contribution in [2.75, 3.05) is 17.3 Å². The van der Waals surface area contributed by atoms with Crippen LogP contribution >= 0.6 is 15.9 Å². The standard InChI is InChI=1S/C19H16BrN3O/c1-23(17-5-3-2-4-6-17)19(24)18-12-11-16(13-21-18)22-15-9-7-14(20)8-10-15/h2-13,22H,1H3. The highest BCUT2D eigenvalue weighted by molar-refractivity contribution is 9.10. The Labute approximate surface area is 149 Å². The summed E-state index contributed by atoms with van der Waals surface area (Å²) in [7, 11) is 1.74. The molecule has 0 unspecified atom stereocenters. The van der Waals surface area contributed by atoms with Gasteiger partial charge in [-0.3, -0.25) is 4.79 Å². The molecule has 3 rings (SSSR count). The topological polar surface area (TPSA) is 45.2 Å². The maximum atomic E-state index is 12.5. The molecule has 5 heteroatoms. The Balaban J connectivity index is 1.72. The van der Waals surface area contributed by atoms with Crippen LogP contribution in [0.3, 0.4) is 0 Å². The van der Waals surface area contributed by atoms with E-state index in [1.54, 1.807) is 24.2 Å². The molecule has 0 atom stereocenters. The fraction of sp³-hybridized carbons (Fsp3) is 0.0526. The first-order valence-electron chi connectivity index (χ1n) is 7.45. The van der Waals surface area contributed by atoms with Gasteiger partial charge in [0.15, 0.2) is 0 Å². The van der Waals surface area contributed by atoms with E-state index < -0.39 is 0 Å². The highest BCUT2D eigenvalue weighted by Gasteiger charge is 2.14. The summed E-state index contributed by atoms with van der Waals surface area (Å²) < 4.78 is 1.02. The van der Waals surface area contributed by atoms with Gasteiger partial charge in [0.05, 0.1) is 11.9 Å². The van der Waals surface area contributed by atoms with Gasteiger partial charge in [0.1, 0.15) is 5.69 Å². The first-order chi connectivity index (χ1) is 11.6. The van der Waals surface area contributed by atoms with E-state index in [0.717, 1.165) is 21.5 Å². The summed E-state index contributed by atoms with van der Waals surface area (Å²) in [6.07, 6.45) is 1.66. The lowest BCUT2D eigenvalue weighted by Crippen LogP contribution is -2.26. The van der Waals surface area contributed by atoms with E-state index >= 15 is 0 Å². The lowest BCUT2D eigenvalue weighted by Gasteiger charge is -2.16. The van der Waals surface area contributed by atoms with Crippen LogP contribution in [-0.2, 0) is 0 Å². The Bertz CT molecular complexity index is 817. The van der Waals surface area contributed by atoms with Crippen molar-refractivity contribution in [3.8, 4) is 0 Å². The molecule has 120 valence electrons. The summed E-state index contributed by atoms with van der Waals surface area (Å²) in [5.41, 5.74) is 3.03. The third kappa shape index (κ3) is 3.81. The summed E-state index contributed by atoms with van der Waals surface area (Å²) in [5, 5.41) is 3.25. The maximum Gasteiger partial charge on any atom is 0.276 e. The molecule has 0 spiro atoms. The molecule has 1 aromatic heterocycles. The maximum absolute atomic E-state index is 12.5. The normalized spacial score (nSPS) is 10.2. The van der Waals surface area contributed by atoms with Crippen LogP contribution in [0.25, 0.3) is 0 Å². The van der Waals surface area contributed by atoms with Crippen molar-refractivity contribution in [2.24, 2.45) is 0 Å². The zero-order chi connectivity index (χ0) is 16.9. The predicted molar refractivity (Wildman–Crippen MR) is 101 cm³/mol. The van der Waals surface area contributed by atoms with Crippen molar-refractivity contribution in [1.29, 1.82) is 0 Å². The Hall–Kier alpha value is -2.66. The third-order valence-corrected chi connectivity index (χ3v) is 4.09. The Morgan fingerprint density at radius 1 is 0.958 bits per heavy atom. The van der Waals surface area contributed by atoms with Crippen LogP contribution in [0.2, 0.25) is 0 Å². The largest absolute Gasteiger partial charge is 0.354 e. The monoisotopic (exact) mass is 381 g/mol. The number of hydrogen-bond donors (Lipinski definition) is 1. The Morgan fingerprint density at radius 2 is 1.62 bits per heavy atom. The van der Waals surface area contributed by atoms with Gasteiger partial charge in [-0.05, 0) is 48.5 Å². The van der Waals surface area contributed by atoms with E-state index in [2.05, 4.69) is 26.2 Å². The Kier molecular flexibility index (Phi) is 4.91. The van der Waals surface area contributed by atoms with E-state index in [0.29, 0.717) is 5.69 Å². The van der Waals surface area contributed by atoms with Crippen molar-refractivity contribution < 1.29 is 4.79 Å². The van der Waals surface area contributed by atoms with Gasteiger partial charge < -0.3 is 10.2 Å². The average molecular weight is 382 g/mol. The molecule has 4 nitrogen and oxygen atoms in total. The molecular weight excluding hydrogens is 366 g/mol. The minimum atomic E-state index is -0.142. The van der Waals surface area contributed by atoms with Gasteiger partial charge in [-0.15, -0.1) is 0 Å². The Morgan fingerprint density at radius 3 is 2.25 bits per heavy atom. The van der Waals surface area contributed by atoms with Crippen LogP contribution in [0.4, 0.5) is 17.1 Å². The van der Waals surface area contributed by atoms with Crippen molar-refractivity contribution in [1.82, 2.24) is 4.98 Å². The highest BCUT2D eigenvalue weighted by atomic mass is 79.9. The molecule has 0 radical (unpaired) electrons. The molecule has 0 saturated carbocycles. The van der Waals surface area contributed by atoms with E-state index in [4.69, 9.17) is 0 Å². The average Bonchev–Trinajstić information content (AvgIpc) is 2.64. The molecular formula is C19H16BrN3O. The number of nitrogens with zero attached hydrogens (tertiary/aromatic N) is 2. The van der Waals surface area contributed by atoms with Crippen molar-refractivity contribution >= 4 is 38.9 Å². The molecule has 0 fully saturated rings. The van der Waals surface area contributed by atoms with E-state index in [1.807, 2.05) is 60.7 Å². The number of para-hydroxylation sites is 1. The van der Waals surface area contributed by atoms with E-state index in [9.17, 15) is 4.79 Å². The zero-order valence-electron chi connectivity index (χ0n) is 13.1. The van der Waals surface area contributed by atoms with Crippen LogP contribution < -0.4 is 10.2 Å². The molecule has 1 heterocycles. The quantitative estimate of drug-likeness (QED) is 0.701. The smallest absolute Gasteiger partial charge is 0.276 e. The van der Waals surface area contributed by atoms with Crippen molar-refractivity contribution in [3.63, 3.8) is 0 Å². The lowest BCUT2D eigenvalue weighted by atomic mass is 10.2. The molecule has 24 heavy (non-hydrogen) atoms. The first-order valence-corrected chi connectivity index (χ1v) is 8.24. The zero-order valence-corrected chi connectivity index (χ0v) is 14.7. The second-order valence-electron chi connectivity index (χ2n) is 5.26. The highest BCUT2D eigenvalue weighted by Crippen LogP contribution is 2.19. The number of amides is 1. The van der Waals surface area contributed by atoms with E-state index in [1.165, 1.54) is 0 Å². The number of halogens is 1. The number of aromatic nitrogens is 1. The van der Waals surface area contributed by atoms with Crippen LogP contribution in [0, 0.1) is 0 Å². The van der Waals surface area contributed by atoms with Gasteiger partial charge in [0.25, 0.3) is 5.91 Å². The van der Waals surface area contributed by atoms with Crippen LogP contribution in [0.15, 0.2) is 77.4 Å². The lowest BCUT2D eigenvalue weighted by molar-refractivity contribution is 0.0988. The predicted octanol–water partition coefficient (Wildman–Crippen LogP) is 4.86. The summed E-state index contributed by atoms with van der Waals surface area (Å²) in [5.74, 6) is -0.142. The second kappa shape index (κ2) is 7.27. The number of carbonyl (C=O) groups excluding carboxylic acids is 1. The number of rotatable bonds is 4. The number of anilines is 3. The van der Waals surface area contributed by atoms with Gasteiger partial charge in [-0.2, -0.15) is 0 Å². The minimum absolute atomic E-state index is 0.142. The SMILES string of the molecule is CN(C(=O)c1ccc(Nc2ccc(Br)cc2)cn1)c1ccccc1. The fourth-order valence-electron chi connectivity index (χ4n) is 2.23. The van der Waals surface area contributed by atoms with Crippen LogP contribution in [-0.4, -0.2) is 17.9 Å². The third-order valence-electron chi connectivity index (χ3n) is 3.56. The second-order valence-corrected chi connectivity index (χ2v) is 6.18. The van der Waals surface area contributed by atoms with Gasteiger partial charge in [-0.25, -0.2) is 4.98 Å². The number of pyridine rings is 1. The number of hydrogen-bond acceptors (Lipinski definition) is 3. The first kappa shape index (κ1) is 16.2. The molecule has 1 N–H and O–H groups in total. The number of nitrogens with one attached hydrogen (secondary N) is 1.